The highest BCUT2D eigenvalue weighted by Crippen LogP contribution is 2.41. The van der Waals surface area contributed by atoms with Crippen molar-refractivity contribution in [2.75, 3.05) is 19.6 Å². The normalized spacial score (nSPS) is 14.5. The number of allylic oxidation sites excluding steroid dienone is 5. The molecule has 0 saturated heterocycles. The van der Waals surface area contributed by atoms with E-state index in [1.165, 1.54) is 11.1 Å². The molecule has 184 valence electrons. The molecule has 0 bridgehead atoms. The van der Waals surface area contributed by atoms with Gasteiger partial charge in [0.15, 0.2) is 0 Å². The van der Waals surface area contributed by atoms with Crippen LogP contribution in [0.2, 0.25) is 0 Å². The topological polar surface area (TPSA) is 111 Å². The van der Waals surface area contributed by atoms with Gasteiger partial charge in [-0.2, -0.15) is 0 Å². The van der Waals surface area contributed by atoms with Crippen LogP contribution < -0.4 is 5.48 Å². The van der Waals surface area contributed by atoms with Gasteiger partial charge in [-0.1, -0.05) is 34.9 Å². The zero-order valence-corrected chi connectivity index (χ0v) is 21.4. The Kier molecular flexibility index (Phi) is 14.3. The van der Waals surface area contributed by atoms with Gasteiger partial charge in [0.2, 0.25) is 6.79 Å². The molecule has 32 heavy (non-hydrogen) atoms. The summed E-state index contributed by atoms with van der Waals surface area (Å²) in [6.45, 7) is 12.7. The molecule has 1 atom stereocenters. The van der Waals surface area contributed by atoms with Crippen LogP contribution in [0, 0.1) is 5.41 Å². The fourth-order valence-electron chi connectivity index (χ4n) is 2.28. The highest BCUT2D eigenvalue weighted by molar-refractivity contribution is 7.53. The molecule has 0 aromatic rings. The summed E-state index contributed by atoms with van der Waals surface area (Å²) in [5.41, 5.74) is 5.15. The first kappa shape index (κ1) is 30.3. The Hall–Kier alpha value is -1.73. The molecule has 0 saturated carbocycles. The molecule has 1 unspecified atom stereocenters. The number of hydrogen-bond donors (Lipinski definition) is 2. The molecule has 0 rings (SSSR count). The van der Waals surface area contributed by atoms with Crippen molar-refractivity contribution in [3.05, 3.63) is 34.9 Å². The third-order valence-electron chi connectivity index (χ3n) is 4.22. The molecule has 1 amide bonds. The average Bonchev–Trinajstić information content (AvgIpc) is 2.63. The molecule has 0 heterocycles. The zero-order valence-electron chi connectivity index (χ0n) is 20.5. The SMILES string of the molecule is CC(C)=CCC/C(C)=C/CC/C(C)=C/CONC(=O)CP(=O)(O)OCOC(=O)C(C)(C)C. The van der Waals surface area contributed by atoms with E-state index in [0.29, 0.717) is 0 Å². The fraction of sp³-hybridized carbons (Fsp3) is 0.652. The van der Waals surface area contributed by atoms with Crippen LogP contribution in [0.3, 0.4) is 0 Å². The van der Waals surface area contributed by atoms with Gasteiger partial charge < -0.3 is 9.63 Å². The Morgan fingerprint density at radius 1 is 0.969 bits per heavy atom. The fourth-order valence-corrected chi connectivity index (χ4v) is 3.02. The molecular weight excluding hydrogens is 433 g/mol. The summed E-state index contributed by atoms with van der Waals surface area (Å²) in [4.78, 5) is 38.0. The van der Waals surface area contributed by atoms with Crippen molar-refractivity contribution in [1.82, 2.24) is 5.48 Å². The second-order valence-electron chi connectivity index (χ2n) is 9.02. The highest BCUT2D eigenvalue weighted by Gasteiger charge is 2.27. The Labute approximate surface area is 192 Å². The quantitative estimate of drug-likeness (QED) is 0.0890. The van der Waals surface area contributed by atoms with E-state index in [9.17, 15) is 19.0 Å². The van der Waals surface area contributed by atoms with Crippen molar-refractivity contribution in [2.45, 2.75) is 74.1 Å². The third-order valence-corrected chi connectivity index (χ3v) is 5.42. The average molecular weight is 474 g/mol. The van der Waals surface area contributed by atoms with Gasteiger partial charge in [-0.05, 0) is 74.1 Å². The predicted octanol–water partition coefficient (Wildman–Crippen LogP) is 5.20. The number of rotatable bonds is 14. The lowest BCUT2D eigenvalue weighted by Crippen LogP contribution is -2.28. The van der Waals surface area contributed by atoms with E-state index in [4.69, 9.17) is 9.57 Å². The number of amides is 1. The molecule has 0 aliphatic heterocycles. The van der Waals surface area contributed by atoms with Crippen LogP contribution in [0.5, 0.6) is 0 Å². The number of carbonyl (C=O) groups is 2. The van der Waals surface area contributed by atoms with Crippen LogP contribution in [0.1, 0.15) is 74.1 Å². The van der Waals surface area contributed by atoms with Crippen molar-refractivity contribution >= 4 is 19.5 Å². The number of nitrogens with one attached hydrogen (secondary N) is 1. The van der Waals surface area contributed by atoms with Crippen molar-refractivity contribution in [3.63, 3.8) is 0 Å². The Morgan fingerprint density at radius 3 is 2.09 bits per heavy atom. The van der Waals surface area contributed by atoms with Crippen molar-refractivity contribution in [3.8, 4) is 0 Å². The summed E-state index contributed by atoms with van der Waals surface area (Å²) < 4.78 is 21.3. The summed E-state index contributed by atoms with van der Waals surface area (Å²) in [6, 6.07) is 0. The van der Waals surface area contributed by atoms with E-state index in [1.54, 1.807) is 20.8 Å². The van der Waals surface area contributed by atoms with Crippen LogP contribution in [-0.2, 0) is 28.3 Å². The molecule has 0 aromatic carbocycles. The minimum absolute atomic E-state index is 0.140. The van der Waals surface area contributed by atoms with Crippen molar-refractivity contribution in [2.24, 2.45) is 5.41 Å². The van der Waals surface area contributed by atoms with E-state index in [0.717, 1.165) is 31.3 Å². The van der Waals surface area contributed by atoms with Gasteiger partial charge in [-0.3, -0.25) is 23.5 Å². The predicted molar refractivity (Wildman–Crippen MR) is 126 cm³/mol. The maximum absolute atomic E-state index is 11.9. The number of hydroxylamine groups is 1. The summed E-state index contributed by atoms with van der Waals surface area (Å²) in [7, 11) is -4.26. The van der Waals surface area contributed by atoms with Gasteiger partial charge in [0.1, 0.15) is 6.16 Å². The van der Waals surface area contributed by atoms with Gasteiger partial charge in [-0.15, -0.1) is 0 Å². The molecular formula is C23H40NO7P. The van der Waals surface area contributed by atoms with Crippen LogP contribution in [-0.4, -0.2) is 36.3 Å². The van der Waals surface area contributed by atoms with Gasteiger partial charge in [-0.25, -0.2) is 5.48 Å². The monoisotopic (exact) mass is 473 g/mol. The molecule has 0 aliphatic rings. The zero-order chi connectivity index (χ0) is 24.8. The van der Waals surface area contributed by atoms with Gasteiger partial charge in [0, 0.05) is 0 Å². The lowest BCUT2D eigenvalue weighted by atomic mass is 9.98. The molecule has 0 spiro atoms. The summed E-state index contributed by atoms with van der Waals surface area (Å²) in [6.07, 6.45) is 9.42. The second-order valence-corrected chi connectivity index (χ2v) is 10.9. The lowest BCUT2D eigenvalue weighted by Gasteiger charge is -2.17. The van der Waals surface area contributed by atoms with Crippen LogP contribution in [0.25, 0.3) is 0 Å². The first-order valence-corrected chi connectivity index (χ1v) is 12.5. The van der Waals surface area contributed by atoms with E-state index in [-0.39, 0.29) is 6.61 Å². The third kappa shape index (κ3) is 16.9. The maximum Gasteiger partial charge on any atom is 0.340 e. The van der Waals surface area contributed by atoms with Gasteiger partial charge in [0.05, 0.1) is 12.0 Å². The number of esters is 1. The minimum atomic E-state index is -4.26. The Bertz CT molecular complexity index is 744. The standard InChI is InChI=1S/C23H40NO7P/c1-18(2)10-8-11-19(3)12-9-13-20(4)14-15-30-24-21(25)16-32(27,28)31-17-29-22(26)23(5,6)7/h10,12,14H,8-9,11,13,15-17H2,1-7H3,(H,24,25)(H,27,28)/b19-12+,20-14+. The molecule has 0 radical (unpaired) electrons. The van der Waals surface area contributed by atoms with Crippen molar-refractivity contribution < 1.29 is 33.1 Å². The van der Waals surface area contributed by atoms with E-state index < -0.39 is 37.8 Å². The molecule has 0 aromatic heterocycles. The van der Waals surface area contributed by atoms with Gasteiger partial charge >= 0.3 is 13.6 Å². The smallest absolute Gasteiger partial charge is 0.340 e. The summed E-state index contributed by atoms with van der Waals surface area (Å²) >= 11 is 0. The Morgan fingerprint density at radius 2 is 1.53 bits per heavy atom. The number of hydrogen-bond acceptors (Lipinski definition) is 6. The Balaban J connectivity index is 4.13. The van der Waals surface area contributed by atoms with Crippen molar-refractivity contribution in [1.29, 1.82) is 0 Å². The molecule has 9 heteroatoms. The largest absolute Gasteiger partial charge is 0.438 e. The van der Waals surface area contributed by atoms with Gasteiger partial charge in [0.25, 0.3) is 5.91 Å². The summed E-state index contributed by atoms with van der Waals surface area (Å²) in [5, 5.41) is 0. The maximum atomic E-state index is 11.9. The molecule has 2 N–H and O–H groups in total. The lowest BCUT2D eigenvalue weighted by molar-refractivity contribution is -0.159. The summed E-state index contributed by atoms with van der Waals surface area (Å²) in [5.74, 6) is -1.39. The number of carbonyl (C=O) groups excluding carboxylic acids is 2. The molecule has 0 fully saturated rings. The van der Waals surface area contributed by atoms with Crippen LogP contribution >= 0.6 is 7.60 Å². The second kappa shape index (κ2) is 15.2. The number of ether oxygens (including phenoxy) is 1. The molecule has 8 nitrogen and oxygen atoms in total. The minimum Gasteiger partial charge on any atom is -0.438 e. The first-order valence-electron chi connectivity index (χ1n) is 10.7. The first-order chi connectivity index (χ1) is 14.7. The van der Waals surface area contributed by atoms with E-state index >= 15 is 0 Å². The molecule has 0 aliphatic carbocycles. The van der Waals surface area contributed by atoms with Crippen LogP contribution in [0.4, 0.5) is 0 Å². The van der Waals surface area contributed by atoms with E-state index in [2.05, 4.69) is 42.9 Å². The van der Waals surface area contributed by atoms with E-state index in [1.807, 2.05) is 13.0 Å². The van der Waals surface area contributed by atoms with Crippen LogP contribution in [0.15, 0.2) is 34.9 Å². The highest BCUT2D eigenvalue weighted by atomic mass is 31.2.